The molecule has 0 radical (unpaired) electrons. The zero-order chi connectivity index (χ0) is 13.1. The average Bonchev–Trinajstić information content (AvgIpc) is 2.32. The van der Waals surface area contributed by atoms with E-state index < -0.39 is 11.6 Å². The number of hydrogen-bond donors (Lipinski definition) is 1. The minimum absolute atomic E-state index is 0.381. The third-order valence-corrected chi connectivity index (χ3v) is 3.03. The van der Waals surface area contributed by atoms with Crippen LogP contribution in [-0.4, -0.2) is 4.98 Å². The van der Waals surface area contributed by atoms with Gasteiger partial charge in [0.05, 0.1) is 4.47 Å². The lowest BCUT2D eigenvalue weighted by Crippen LogP contribution is -2.03. The van der Waals surface area contributed by atoms with E-state index in [-0.39, 0.29) is 0 Å². The molecule has 5 heteroatoms. The lowest BCUT2D eigenvalue weighted by Gasteiger charge is -2.08. The zero-order valence-corrected chi connectivity index (χ0v) is 11.3. The van der Waals surface area contributed by atoms with Crippen molar-refractivity contribution in [2.24, 2.45) is 0 Å². The molecule has 0 spiro atoms. The number of hydrogen-bond acceptors (Lipinski definition) is 2. The number of nitrogens with one attached hydrogen (secondary N) is 1. The summed E-state index contributed by atoms with van der Waals surface area (Å²) in [5.41, 5.74) is 1.70. The number of rotatable bonds is 3. The standard InChI is InChI=1S/C13H11BrF2N2/c1-8-4-10(14)13(17-6-8)18-7-9-2-3-11(15)12(16)5-9/h2-6H,7H2,1H3,(H,17,18). The van der Waals surface area contributed by atoms with E-state index in [1.165, 1.54) is 12.1 Å². The summed E-state index contributed by atoms with van der Waals surface area (Å²) in [5.74, 6) is -1.01. The van der Waals surface area contributed by atoms with Gasteiger partial charge in [-0.05, 0) is 52.2 Å². The van der Waals surface area contributed by atoms with Gasteiger partial charge < -0.3 is 5.32 Å². The summed E-state index contributed by atoms with van der Waals surface area (Å²) in [7, 11) is 0. The first-order chi connectivity index (χ1) is 8.56. The first kappa shape index (κ1) is 13.0. The molecule has 0 aliphatic carbocycles. The van der Waals surface area contributed by atoms with E-state index in [4.69, 9.17) is 0 Å². The molecule has 1 heterocycles. The Morgan fingerprint density at radius 3 is 2.67 bits per heavy atom. The van der Waals surface area contributed by atoms with Crippen LogP contribution in [0.2, 0.25) is 0 Å². The van der Waals surface area contributed by atoms with Crippen LogP contribution in [0.3, 0.4) is 0 Å². The average molecular weight is 313 g/mol. The number of aryl methyl sites for hydroxylation is 1. The van der Waals surface area contributed by atoms with Crippen LogP contribution in [0.1, 0.15) is 11.1 Å². The summed E-state index contributed by atoms with van der Waals surface area (Å²) >= 11 is 3.39. The summed E-state index contributed by atoms with van der Waals surface area (Å²) in [6, 6.07) is 5.75. The van der Waals surface area contributed by atoms with Crippen molar-refractivity contribution >= 4 is 21.7 Å². The first-order valence-electron chi connectivity index (χ1n) is 5.36. The largest absolute Gasteiger partial charge is 0.365 e. The second-order valence-electron chi connectivity index (χ2n) is 3.95. The van der Waals surface area contributed by atoms with Gasteiger partial charge in [0.1, 0.15) is 5.82 Å². The molecule has 0 amide bonds. The predicted octanol–water partition coefficient (Wildman–Crippen LogP) is 4.04. The van der Waals surface area contributed by atoms with E-state index in [9.17, 15) is 8.78 Å². The number of anilines is 1. The van der Waals surface area contributed by atoms with E-state index in [1.54, 1.807) is 6.20 Å². The highest BCUT2D eigenvalue weighted by Crippen LogP contribution is 2.21. The van der Waals surface area contributed by atoms with Crippen LogP contribution < -0.4 is 5.32 Å². The zero-order valence-electron chi connectivity index (χ0n) is 9.67. The molecule has 0 atom stereocenters. The van der Waals surface area contributed by atoms with Crippen molar-refractivity contribution in [3.8, 4) is 0 Å². The van der Waals surface area contributed by atoms with Gasteiger partial charge in [-0.1, -0.05) is 6.07 Å². The molecule has 2 rings (SSSR count). The van der Waals surface area contributed by atoms with Crippen LogP contribution in [0, 0.1) is 18.6 Å². The fourth-order valence-electron chi connectivity index (χ4n) is 1.50. The first-order valence-corrected chi connectivity index (χ1v) is 6.15. The molecular weight excluding hydrogens is 302 g/mol. The lowest BCUT2D eigenvalue weighted by atomic mass is 10.2. The number of benzene rings is 1. The van der Waals surface area contributed by atoms with Gasteiger partial charge in [0, 0.05) is 12.7 Å². The maximum Gasteiger partial charge on any atom is 0.159 e. The molecule has 0 saturated heterocycles. The summed E-state index contributed by atoms with van der Waals surface area (Å²) < 4.78 is 26.6. The molecule has 2 nitrogen and oxygen atoms in total. The molecule has 0 aliphatic heterocycles. The Hall–Kier alpha value is -1.49. The highest BCUT2D eigenvalue weighted by molar-refractivity contribution is 9.10. The summed E-state index contributed by atoms with van der Waals surface area (Å²) in [6.45, 7) is 2.32. The van der Waals surface area contributed by atoms with E-state index >= 15 is 0 Å². The highest BCUT2D eigenvalue weighted by Gasteiger charge is 2.04. The van der Waals surface area contributed by atoms with Gasteiger partial charge in [-0.25, -0.2) is 13.8 Å². The number of pyridine rings is 1. The third kappa shape index (κ3) is 3.04. The molecule has 0 saturated carbocycles. The van der Waals surface area contributed by atoms with Crippen molar-refractivity contribution in [2.75, 3.05) is 5.32 Å². The summed E-state index contributed by atoms with van der Waals surface area (Å²) in [4.78, 5) is 4.21. The third-order valence-electron chi connectivity index (χ3n) is 2.42. The van der Waals surface area contributed by atoms with Crippen molar-refractivity contribution in [3.63, 3.8) is 0 Å². The van der Waals surface area contributed by atoms with Gasteiger partial charge >= 0.3 is 0 Å². The maximum atomic E-state index is 13.0. The second kappa shape index (κ2) is 5.44. The van der Waals surface area contributed by atoms with E-state index in [2.05, 4.69) is 26.2 Å². The van der Waals surface area contributed by atoms with Crippen LogP contribution in [-0.2, 0) is 6.54 Å². The van der Waals surface area contributed by atoms with Crippen molar-refractivity contribution in [2.45, 2.75) is 13.5 Å². The van der Waals surface area contributed by atoms with E-state index in [0.29, 0.717) is 17.9 Å². The Labute approximate surface area is 112 Å². The van der Waals surface area contributed by atoms with E-state index in [0.717, 1.165) is 16.1 Å². The normalized spacial score (nSPS) is 10.4. The molecule has 94 valence electrons. The highest BCUT2D eigenvalue weighted by atomic mass is 79.9. The molecule has 0 fully saturated rings. The second-order valence-corrected chi connectivity index (χ2v) is 4.80. The maximum absolute atomic E-state index is 13.0. The van der Waals surface area contributed by atoms with Gasteiger partial charge in [-0.15, -0.1) is 0 Å². The van der Waals surface area contributed by atoms with Crippen molar-refractivity contribution in [1.29, 1.82) is 0 Å². The molecule has 0 aliphatic rings. The SMILES string of the molecule is Cc1cnc(NCc2ccc(F)c(F)c2)c(Br)c1. The lowest BCUT2D eigenvalue weighted by molar-refractivity contribution is 0.507. The monoisotopic (exact) mass is 312 g/mol. The van der Waals surface area contributed by atoms with Crippen LogP contribution >= 0.6 is 15.9 Å². The molecule has 1 aromatic carbocycles. The van der Waals surface area contributed by atoms with Gasteiger partial charge in [0.15, 0.2) is 11.6 Å². The van der Waals surface area contributed by atoms with Gasteiger partial charge in [0.2, 0.25) is 0 Å². The topological polar surface area (TPSA) is 24.9 Å². The fourth-order valence-corrected chi connectivity index (χ4v) is 2.10. The smallest absolute Gasteiger partial charge is 0.159 e. The minimum atomic E-state index is -0.842. The van der Waals surface area contributed by atoms with Crippen LogP contribution in [0.5, 0.6) is 0 Å². The quantitative estimate of drug-likeness (QED) is 0.925. The number of nitrogens with zero attached hydrogens (tertiary/aromatic N) is 1. The number of aromatic nitrogens is 1. The molecule has 0 unspecified atom stereocenters. The fraction of sp³-hybridized carbons (Fsp3) is 0.154. The summed E-state index contributed by atoms with van der Waals surface area (Å²) in [5, 5.41) is 3.06. The van der Waals surface area contributed by atoms with Crippen molar-refractivity contribution in [1.82, 2.24) is 4.98 Å². The molecular formula is C13H11BrF2N2. The Bertz CT molecular complexity index is 573. The van der Waals surface area contributed by atoms with Crippen molar-refractivity contribution < 1.29 is 8.78 Å². The Morgan fingerprint density at radius 2 is 2.00 bits per heavy atom. The van der Waals surface area contributed by atoms with Gasteiger partial charge in [-0.3, -0.25) is 0 Å². The molecule has 0 bridgehead atoms. The van der Waals surface area contributed by atoms with Gasteiger partial charge in [0.25, 0.3) is 0 Å². The van der Waals surface area contributed by atoms with Crippen LogP contribution in [0.25, 0.3) is 0 Å². The van der Waals surface area contributed by atoms with Crippen molar-refractivity contribution in [3.05, 3.63) is 57.7 Å². The Balaban J connectivity index is 2.09. The Kier molecular flexibility index (Phi) is 3.91. The number of halogens is 3. The molecule has 2 aromatic rings. The molecule has 18 heavy (non-hydrogen) atoms. The molecule has 1 N–H and O–H groups in total. The summed E-state index contributed by atoms with van der Waals surface area (Å²) in [6.07, 6.45) is 1.73. The van der Waals surface area contributed by atoms with Crippen LogP contribution in [0.15, 0.2) is 34.9 Å². The minimum Gasteiger partial charge on any atom is -0.365 e. The Morgan fingerprint density at radius 1 is 1.22 bits per heavy atom. The molecule has 1 aromatic heterocycles. The van der Waals surface area contributed by atoms with E-state index in [1.807, 2.05) is 13.0 Å². The van der Waals surface area contributed by atoms with Crippen LogP contribution in [0.4, 0.5) is 14.6 Å². The predicted molar refractivity (Wildman–Crippen MR) is 70.4 cm³/mol. The van der Waals surface area contributed by atoms with Gasteiger partial charge in [-0.2, -0.15) is 0 Å².